The highest BCUT2D eigenvalue weighted by Gasteiger charge is 2.13. The molecule has 0 aliphatic rings. The van der Waals surface area contributed by atoms with Crippen molar-refractivity contribution >= 4 is 22.3 Å². The van der Waals surface area contributed by atoms with Gasteiger partial charge in [-0.2, -0.15) is 0 Å². The Morgan fingerprint density at radius 1 is 1.00 bits per heavy atom. The number of para-hydroxylation sites is 1. The minimum Gasteiger partial charge on any atom is -0.493 e. The number of thiazole rings is 1. The highest BCUT2D eigenvalue weighted by Crippen LogP contribution is 2.33. The molecule has 0 unspecified atom stereocenters. The Morgan fingerprint density at radius 2 is 1.86 bits per heavy atom. The second-order valence-corrected chi connectivity index (χ2v) is 9.35. The average Bonchev–Trinajstić information content (AvgIpc) is 3.47. The third-order valence-electron chi connectivity index (χ3n) is 5.77. The number of nitrogens with one attached hydrogen (secondary N) is 1. The molecular formula is C28H26N2O5S. The van der Waals surface area contributed by atoms with E-state index < -0.39 is 0 Å². The number of benzene rings is 3. The molecule has 0 bridgehead atoms. The Kier molecular flexibility index (Phi) is 7.04. The number of aromatic nitrogens is 2. The Hall–Kier alpha value is -4.04. The molecule has 184 valence electrons. The van der Waals surface area contributed by atoms with Crippen molar-refractivity contribution in [2.24, 2.45) is 0 Å². The summed E-state index contributed by atoms with van der Waals surface area (Å²) in [5.74, 6) is 1.41. The van der Waals surface area contributed by atoms with E-state index in [4.69, 9.17) is 14.0 Å². The van der Waals surface area contributed by atoms with Crippen molar-refractivity contribution < 1.29 is 19.1 Å². The van der Waals surface area contributed by atoms with Crippen molar-refractivity contribution in [2.45, 2.75) is 26.2 Å². The fourth-order valence-electron chi connectivity index (χ4n) is 4.10. The molecule has 0 aliphatic heterocycles. The summed E-state index contributed by atoms with van der Waals surface area (Å²) >= 11 is 0.966. The van der Waals surface area contributed by atoms with Crippen LogP contribution in [0.1, 0.15) is 25.3 Å². The molecule has 36 heavy (non-hydrogen) atoms. The number of hydrogen-bond donors (Lipinski definition) is 2. The number of hydrogen-bond acceptors (Lipinski definition) is 7. The van der Waals surface area contributed by atoms with E-state index in [0.717, 1.165) is 63.3 Å². The maximum Gasteiger partial charge on any atom is 0.307 e. The number of aromatic amines is 1. The highest BCUT2D eigenvalue weighted by molar-refractivity contribution is 7.13. The fourth-order valence-corrected chi connectivity index (χ4v) is 4.83. The SMILES string of the molecule is CCCc1cc(-c2noc3ccccc23)ccc1OCCCOc1cccc(-c2sc(=O)[nH]c2O)c1. The van der Waals surface area contributed by atoms with Gasteiger partial charge >= 0.3 is 4.87 Å². The van der Waals surface area contributed by atoms with E-state index in [1.54, 1.807) is 0 Å². The number of rotatable bonds is 10. The standard InChI is InChI=1S/C28H26N2O5S/c1-2-7-18-16-19(25-22-10-3-4-11-24(22)35-30-25)12-13-23(18)34-15-6-14-33-21-9-5-8-20(17-21)26-27(31)29-28(32)36-26/h3-5,8-13,16-17,31H,2,6-7,14-15H2,1H3,(H,29,32). The molecule has 0 saturated heterocycles. The first-order valence-electron chi connectivity index (χ1n) is 11.9. The van der Waals surface area contributed by atoms with Gasteiger partial charge in [-0.05, 0) is 54.4 Å². The van der Waals surface area contributed by atoms with Crippen LogP contribution in [-0.4, -0.2) is 28.5 Å². The minimum atomic E-state index is -0.296. The molecule has 3 aromatic carbocycles. The maximum atomic E-state index is 11.5. The fraction of sp³-hybridized carbons (Fsp3) is 0.214. The molecule has 2 aromatic heterocycles. The van der Waals surface area contributed by atoms with Gasteiger partial charge in [0.25, 0.3) is 0 Å². The van der Waals surface area contributed by atoms with Crippen molar-refractivity contribution in [3.63, 3.8) is 0 Å². The van der Waals surface area contributed by atoms with Gasteiger partial charge in [0.05, 0.1) is 18.1 Å². The summed E-state index contributed by atoms with van der Waals surface area (Å²) in [5.41, 5.74) is 4.49. The smallest absolute Gasteiger partial charge is 0.307 e. The molecule has 2 heterocycles. The van der Waals surface area contributed by atoms with Crippen LogP contribution in [0.25, 0.3) is 32.7 Å². The van der Waals surface area contributed by atoms with Gasteiger partial charge in [-0.3, -0.25) is 9.78 Å². The summed E-state index contributed by atoms with van der Waals surface area (Å²) in [6, 6.07) is 21.3. The molecule has 0 spiro atoms. The summed E-state index contributed by atoms with van der Waals surface area (Å²) in [6.07, 6.45) is 2.61. The van der Waals surface area contributed by atoms with Gasteiger partial charge < -0.3 is 19.1 Å². The van der Waals surface area contributed by atoms with Gasteiger partial charge in [-0.1, -0.05) is 54.1 Å². The lowest BCUT2D eigenvalue weighted by Gasteiger charge is -2.13. The first-order chi connectivity index (χ1) is 17.6. The monoisotopic (exact) mass is 502 g/mol. The summed E-state index contributed by atoms with van der Waals surface area (Å²) in [5, 5.41) is 15.2. The number of fused-ring (bicyclic) bond motifs is 1. The average molecular weight is 503 g/mol. The van der Waals surface area contributed by atoms with Crippen molar-refractivity contribution in [1.29, 1.82) is 0 Å². The molecular weight excluding hydrogens is 476 g/mol. The minimum absolute atomic E-state index is 0.124. The largest absolute Gasteiger partial charge is 0.493 e. The molecule has 0 radical (unpaired) electrons. The van der Waals surface area contributed by atoms with Crippen LogP contribution in [0.2, 0.25) is 0 Å². The molecule has 0 fully saturated rings. The maximum absolute atomic E-state index is 11.5. The van der Waals surface area contributed by atoms with E-state index in [0.29, 0.717) is 30.3 Å². The molecule has 5 aromatic rings. The van der Waals surface area contributed by atoms with Crippen LogP contribution in [0.3, 0.4) is 0 Å². The van der Waals surface area contributed by atoms with Gasteiger partial charge in [-0.25, -0.2) is 0 Å². The van der Waals surface area contributed by atoms with E-state index >= 15 is 0 Å². The van der Waals surface area contributed by atoms with Crippen molar-refractivity contribution in [3.05, 3.63) is 82.0 Å². The zero-order chi connectivity index (χ0) is 24.9. The number of aromatic hydroxyl groups is 1. The van der Waals surface area contributed by atoms with Gasteiger partial charge in [0.1, 0.15) is 17.2 Å². The molecule has 0 atom stereocenters. The zero-order valence-electron chi connectivity index (χ0n) is 19.8. The Bertz CT molecular complexity index is 1530. The Labute approximate surface area is 211 Å². The lowest BCUT2D eigenvalue weighted by Crippen LogP contribution is -2.06. The van der Waals surface area contributed by atoms with Crippen molar-refractivity contribution in [1.82, 2.24) is 10.1 Å². The van der Waals surface area contributed by atoms with E-state index in [1.165, 1.54) is 0 Å². The van der Waals surface area contributed by atoms with E-state index in [1.807, 2.05) is 60.7 Å². The zero-order valence-corrected chi connectivity index (χ0v) is 20.6. The molecule has 8 heteroatoms. The molecule has 0 amide bonds. The van der Waals surface area contributed by atoms with E-state index in [2.05, 4.69) is 23.1 Å². The van der Waals surface area contributed by atoms with Gasteiger partial charge in [-0.15, -0.1) is 0 Å². The molecule has 7 nitrogen and oxygen atoms in total. The van der Waals surface area contributed by atoms with E-state index in [-0.39, 0.29) is 10.8 Å². The molecule has 2 N–H and O–H groups in total. The third kappa shape index (κ3) is 5.13. The Balaban J connectivity index is 1.20. The molecule has 5 rings (SSSR count). The van der Waals surface area contributed by atoms with Gasteiger partial charge in [0.2, 0.25) is 5.88 Å². The number of aryl methyl sites for hydroxylation is 1. The third-order valence-corrected chi connectivity index (χ3v) is 6.69. The van der Waals surface area contributed by atoms with Gasteiger partial charge in [0, 0.05) is 22.9 Å². The summed E-state index contributed by atoms with van der Waals surface area (Å²) in [4.78, 5) is 14.1. The van der Waals surface area contributed by atoms with Crippen LogP contribution in [0.4, 0.5) is 0 Å². The number of nitrogens with zero attached hydrogens (tertiary/aromatic N) is 1. The quantitative estimate of drug-likeness (QED) is 0.214. The first kappa shape index (κ1) is 23.7. The summed E-state index contributed by atoms with van der Waals surface area (Å²) < 4.78 is 17.5. The normalized spacial score (nSPS) is 11.1. The molecule has 0 aliphatic carbocycles. The van der Waals surface area contributed by atoms with Crippen molar-refractivity contribution in [3.8, 4) is 39.1 Å². The Morgan fingerprint density at radius 3 is 2.69 bits per heavy atom. The second-order valence-electron chi connectivity index (χ2n) is 8.37. The predicted octanol–water partition coefficient (Wildman–Crippen LogP) is 6.42. The lowest BCUT2D eigenvalue weighted by molar-refractivity contribution is 0.246. The highest BCUT2D eigenvalue weighted by atomic mass is 32.1. The summed E-state index contributed by atoms with van der Waals surface area (Å²) in [7, 11) is 0. The van der Waals surface area contributed by atoms with Crippen LogP contribution < -0.4 is 14.3 Å². The topological polar surface area (TPSA) is 97.6 Å². The number of H-pyrrole nitrogens is 1. The van der Waals surface area contributed by atoms with Crippen LogP contribution >= 0.6 is 11.3 Å². The van der Waals surface area contributed by atoms with Crippen LogP contribution in [0, 0.1) is 0 Å². The van der Waals surface area contributed by atoms with Crippen molar-refractivity contribution in [2.75, 3.05) is 13.2 Å². The second kappa shape index (κ2) is 10.7. The van der Waals surface area contributed by atoms with E-state index in [9.17, 15) is 9.90 Å². The summed E-state index contributed by atoms with van der Waals surface area (Å²) in [6.45, 7) is 3.14. The first-order valence-corrected chi connectivity index (χ1v) is 12.7. The molecule has 0 saturated carbocycles. The van der Waals surface area contributed by atoms with Gasteiger partial charge in [0.15, 0.2) is 5.58 Å². The predicted molar refractivity (Wildman–Crippen MR) is 141 cm³/mol. The lowest BCUT2D eigenvalue weighted by atomic mass is 10.0. The van der Waals surface area contributed by atoms with Crippen LogP contribution in [-0.2, 0) is 6.42 Å². The number of ether oxygens (including phenoxy) is 2. The van der Waals surface area contributed by atoms with Crippen LogP contribution in [0.15, 0.2) is 76.0 Å². The van der Waals surface area contributed by atoms with Crippen LogP contribution in [0.5, 0.6) is 17.4 Å².